The summed E-state index contributed by atoms with van der Waals surface area (Å²) < 4.78 is 20.0. The minimum absolute atomic E-state index is 0.311. The molecule has 1 fully saturated rings. The first kappa shape index (κ1) is 17.5. The molecule has 0 unspecified atom stereocenters. The second-order valence-corrected chi connectivity index (χ2v) is 7.13. The van der Waals surface area contributed by atoms with E-state index in [9.17, 15) is 14.0 Å². The number of carbonyl (C=O) groups is 1. The van der Waals surface area contributed by atoms with Gasteiger partial charge in [-0.25, -0.2) is 18.7 Å². The van der Waals surface area contributed by atoms with Crippen LogP contribution in [0, 0.1) is 5.82 Å². The van der Waals surface area contributed by atoms with E-state index in [0.29, 0.717) is 34.0 Å². The highest BCUT2D eigenvalue weighted by Crippen LogP contribution is 2.25. The van der Waals surface area contributed by atoms with Crippen molar-refractivity contribution in [1.29, 1.82) is 0 Å². The normalized spacial score (nSPS) is 13.9. The Labute approximate surface area is 158 Å². The van der Waals surface area contributed by atoms with E-state index in [1.807, 2.05) is 4.90 Å². The molecule has 0 bridgehead atoms. The molecule has 1 aliphatic heterocycles. The molecule has 2 heterocycles. The minimum Gasteiger partial charge on any atom is -0.465 e. The Hall–Kier alpha value is -2.87. The number of rotatable bonds is 3. The summed E-state index contributed by atoms with van der Waals surface area (Å²) in [6.07, 6.45) is 0. The molecule has 3 aromatic rings. The van der Waals surface area contributed by atoms with Gasteiger partial charge in [0, 0.05) is 12.3 Å². The van der Waals surface area contributed by atoms with Gasteiger partial charge in [0.15, 0.2) is 0 Å². The monoisotopic (exact) mass is 385 g/mol. The van der Waals surface area contributed by atoms with E-state index < -0.39 is 11.8 Å². The van der Waals surface area contributed by atoms with Gasteiger partial charge in [0.25, 0.3) is 5.56 Å². The second-order valence-electron chi connectivity index (χ2n) is 6.06. The number of nitrogens with zero attached hydrogens (tertiary/aromatic N) is 3. The molecule has 0 saturated carbocycles. The minimum atomic E-state index is -0.494. The van der Waals surface area contributed by atoms with Crippen LogP contribution in [0.25, 0.3) is 16.6 Å². The number of esters is 1. The van der Waals surface area contributed by atoms with Crippen LogP contribution in [0.3, 0.4) is 0 Å². The molecule has 4 rings (SSSR count). The molecule has 27 heavy (non-hydrogen) atoms. The van der Waals surface area contributed by atoms with E-state index in [0.717, 1.165) is 12.3 Å². The third-order valence-electron chi connectivity index (χ3n) is 4.37. The second kappa shape index (κ2) is 7.03. The summed E-state index contributed by atoms with van der Waals surface area (Å²) in [4.78, 5) is 31.7. The Morgan fingerprint density at radius 2 is 2.11 bits per heavy atom. The van der Waals surface area contributed by atoms with Gasteiger partial charge in [0.2, 0.25) is 5.95 Å². The number of benzene rings is 2. The van der Waals surface area contributed by atoms with Crippen molar-refractivity contribution in [3.63, 3.8) is 0 Å². The molecule has 8 heteroatoms. The van der Waals surface area contributed by atoms with Gasteiger partial charge in [-0.3, -0.25) is 4.79 Å². The molecule has 6 nitrogen and oxygen atoms in total. The number of carbonyl (C=O) groups excluding carboxylic acids is 1. The molecule has 0 spiro atoms. The zero-order valence-corrected chi connectivity index (χ0v) is 15.3. The van der Waals surface area contributed by atoms with Crippen molar-refractivity contribution in [3.8, 4) is 5.69 Å². The summed E-state index contributed by atoms with van der Waals surface area (Å²) in [5.74, 6) is 1.11. The van der Waals surface area contributed by atoms with Crippen LogP contribution in [0.15, 0.2) is 47.3 Å². The SMILES string of the molecule is COC(=O)c1ccc2c(=O)n(-c3cccc(F)c3)c(N3CCSC3)nc2c1. The third-order valence-corrected chi connectivity index (χ3v) is 5.34. The molecule has 0 radical (unpaired) electrons. The van der Waals surface area contributed by atoms with Crippen molar-refractivity contribution in [2.45, 2.75) is 0 Å². The molecule has 0 aliphatic carbocycles. The lowest BCUT2D eigenvalue weighted by Gasteiger charge is -2.21. The summed E-state index contributed by atoms with van der Waals surface area (Å²) in [6.45, 7) is 0.731. The summed E-state index contributed by atoms with van der Waals surface area (Å²) >= 11 is 1.73. The average Bonchev–Trinajstić information content (AvgIpc) is 3.21. The van der Waals surface area contributed by atoms with E-state index in [2.05, 4.69) is 4.98 Å². The van der Waals surface area contributed by atoms with Crippen LogP contribution in [0.4, 0.5) is 10.3 Å². The summed E-state index contributed by atoms with van der Waals surface area (Å²) in [7, 11) is 1.30. The number of thioether (sulfide) groups is 1. The number of methoxy groups -OCH3 is 1. The Morgan fingerprint density at radius 3 is 2.81 bits per heavy atom. The number of hydrogen-bond donors (Lipinski definition) is 0. The van der Waals surface area contributed by atoms with Gasteiger partial charge >= 0.3 is 5.97 Å². The molecule has 2 aromatic carbocycles. The molecular weight excluding hydrogens is 369 g/mol. The molecule has 0 amide bonds. The lowest BCUT2D eigenvalue weighted by Crippen LogP contribution is -2.30. The zero-order chi connectivity index (χ0) is 19.0. The van der Waals surface area contributed by atoms with Gasteiger partial charge in [-0.05, 0) is 36.4 Å². The van der Waals surface area contributed by atoms with Gasteiger partial charge in [-0.15, -0.1) is 11.8 Å². The Morgan fingerprint density at radius 1 is 1.26 bits per heavy atom. The maximum absolute atomic E-state index is 13.8. The van der Waals surface area contributed by atoms with Gasteiger partial charge in [-0.2, -0.15) is 0 Å². The maximum Gasteiger partial charge on any atom is 0.337 e. The molecule has 0 atom stereocenters. The lowest BCUT2D eigenvalue weighted by atomic mass is 10.1. The van der Waals surface area contributed by atoms with Crippen LogP contribution in [0.5, 0.6) is 0 Å². The summed E-state index contributed by atoms with van der Waals surface area (Å²) in [5, 5.41) is 0.350. The van der Waals surface area contributed by atoms with Crippen LogP contribution in [-0.4, -0.2) is 40.8 Å². The Balaban J connectivity index is 2.00. The molecule has 0 N–H and O–H groups in total. The predicted octanol–water partition coefficient (Wildman–Crippen LogP) is 2.82. The van der Waals surface area contributed by atoms with Crippen molar-refractivity contribution in [2.75, 3.05) is 30.2 Å². The van der Waals surface area contributed by atoms with Crippen LogP contribution in [0.1, 0.15) is 10.4 Å². The largest absolute Gasteiger partial charge is 0.465 e. The number of aromatic nitrogens is 2. The fourth-order valence-electron chi connectivity index (χ4n) is 3.05. The molecule has 1 aliphatic rings. The number of halogens is 1. The highest BCUT2D eigenvalue weighted by molar-refractivity contribution is 7.99. The third kappa shape index (κ3) is 3.16. The fourth-order valence-corrected chi connectivity index (χ4v) is 3.99. The Bertz CT molecular complexity index is 1090. The van der Waals surface area contributed by atoms with E-state index in [1.54, 1.807) is 36.0 Å². The fraction of sp³-hybridized carbons (Fsp3) is 0.211. The van der Waals surface area contributed by atoms with Crippen molar-refractivity contribution < 1.29 is 13.9 Å². The van der Waals surface area contributed by atoms with E-state index in [-0.39, 0.29) is 5.56 Å². The predicted molar refractivity (Wildman–Crippen MR) is 103 cm³/mol. The van der Waals surface area contributed by atoms with Gasteiger partial charge in [-0.1, -0.05) is 6.07 Å². The Kier molecular flexibility index (Phi) is 4.57. The smallest absolute Gasteiger partial charge is 0.337 e. The van der Waals surface area contributed by atoms with Gasteiger partial charge in [0.1, 0.15) is 5.82 Å². The van der Waals surface area contributed by atoms with Gasteiger partial charge in [0.05, 0.1) is 35.1 Å². The van der Waals surface area contributed by atoms with Gasteiger partial charge < -0.3 is 9.64 Å². The van der Waals surface area contributed by atoms with Crippen LogP contribution in [0.2, 0.25) is 0 Å². The first-order valence-electron chi connectivity index (χ1n) is 8.32. The topological polar surface area (TPSA) is 64.4 Å². The van der Waals surface area contributed by atoms with E-state index in [1.165, 1.54) is 29.9 Å². The van der Waals surface area contributed by atoms with Crippen molar-refractivity contribution >= 4 is 34.6 Å². The van der Waals surface area contributed by atoms with Crippen LogP contribution >= 0.6 is 11.8 Å². The molecule has 1 aromatic heterocycles. The maximum atomic E-state index is 13.8. The van der Waals surface area contributed by atoms with E-state index >= 15 is 0 Å². The van der Waals surface area contributed by atoms with Crippen LogP contribution in [-0.2, 0) is 4.74 Å². The van der Waals surface area contributed by atoms with Crippen molar-refractivity contribution in [2.24, 2.45) is 0 Å². The molecule has 138 valence electrons. The quantitative estimate of drug-likeness (QED) is 0.646. The zero-order valence-electron chi connectivity index (χ0n) is 14.5. The van der Waals surface area contributed by atoms with Crippen LogP contribution < -0.4 is 10.5 Å². The highest BCUT2D eigenvalue weighted by atomic mass is 32.2. The number of anilines is 1. The number of hydrogen-bond acceptors (Lipinski definition) is 6. The molecule has 1 saturated heterocycles. The lowest BCUT2D eigenvalue weighted by molar-refractivity contribution is 0.0601. The summed E-state index contributed by atoms with van der Waals surface area (Å²) in [5.41, 5.74) is 0.830. The summed E-state index contributed by atoms with van der Waals surface area (Å²) in [6, 6.07) is 10.5. The van der Waals surface area contributed by atoms with Crippen molar-refractivity contribution in [1.82, 2.24) is 9.55 Å². The highest BCUT2D eigenvalue weighted by Gasteiger charge is 2.22. The number of ether oxygens (including phenoxy) is 1. The first-order valence-corrected chi connectivity index (χ1v) is 9.48. The first-order chi connectivity index (χ1) is 13.1. The average molecular weight is 385 g/mol. The standard InChI is InChI=1S/C19H16FN3O3S/c1-26-18(25)12-5-6-15-16(9-12)21-19(22-7-8-27-11-22)23(17(15)24)14-4-2-3-13(20)10-14/h2-6,9-10H,7-8,11H2,1H3. The van der Waals surface area contributed by atoms with E-state index in [4.69, 9.17) is 4.74 Å². The molecular formula is C19H16FN3O3S. The number of fused-ring (bicyclic) bond motifs is 1. The van der Waals surface area contributed by atoms with Crippen molar-refractivity contribution in [3.05, 3.63) is 64.2 Å².